The molecular formula is C26H20ClF3N2O2. The minimum absolute atomic E-state index is 0.0000852. The van der Waals surface area contributed by atoms with Crippen molar-refractivity contribution in [2.45, 2.75) is 20.0 Å². The summed E-state index contributed by atoms with van der Waals surface area (Å²) >= 11 is 6.10. The number of nitrogens with one attached hydrogen (secondary N) is 1. The Kier molecular flexibility index (Phi) is 6.23. The van der Waals surface area contributed by atoms with Gasteiger partial charge in [-0.15, -0.1) is 0 Å². The van der Waals surface area contributed by atoms with Crippen LogP contribution >= 0.6 is 11.6 Å². The Morgan fingerprint density at radius 1 is 1.03 bits per heavy atom. The molecule has 4 rings (SSSR count). The van der Waals surface area contributed by atoms with Gasteiger partial charge in [0.25, 0.3) is 5.91 Å². The van der Waals surface area contributed by atoms with E-state index < -0.39 is 17.6 Å². The number of rotatable bonds is 4. The Morgan fingerprint density at radius 3 is 2.50 bits per heavy atom. The van der Waals surface area contributed by atoms with Gasteiger partial charge >= 0.3 is 6.18 Å². The highest BCUT2D eigenvalue weighted by atomic mass is 35.5. The first kappa shape index (κ1) is 23.6. The van der Waals surface area contributed by atoms with Crippen molar-refractivity contribution in [1.29, 1.82) is 0 Å². The highest BCUT2D eigenvalue weighted by Gasteiger charge is 2.31. The Labute approximate surface area is 199 Å². The summed E-state index contributed by atoms with van der Waals surface area (Å²) in [5.41, 5.74) is 2.90. The number of carbonyl (C=O) groups is 1. The summed E-state index contributed by atoms with van der Waals surface area (Å²) in [6.45, 7) is 3.79. The first-order chi connectivity index (χ1) is 16.1. The molecule has 1 amide bonds. The average Bonchev–Trinajstić information content (AvgIpc) is 2.79. The molecule has 0 unspecified atom stereocenters. The third-order valence-electron chi connectivity index (χ3n) is 5.40. The van der Waals surface area contributed by atoms with E-state index in [1.807, 2.05) is 38.1 Å². The molecule has 0 saturated heterocycles. The van der Waals surface area contributed by atoms with Gasteiger partial charge in [-0.25, -0.2) is 4.98 Å². The third-order valence-corrected chi connectivity index (χ3v) is 5.73. The van der Waals surface area contributed by atoms with Crippen LogP contribution in [0, 0.1) is 13.8 Å². The van der Waals surface area contributed by atoms with Crippen LogP contribution in [0.2, 0.25) is 5.02 Å². The summed E-state index contributed by atoms with van der Waals surface area (Å²) in [5.74, 6) is 0.0320. The molecule has 0 fully saturated rings. The van der Waals surface area contributed by atoms with E-state index in [2.05, 4.69) is 5.32 Å². The van der Waals surface area contributed by atoms with Crippen molar-refractivity contribution in [3.05, 3.63) is 87.9 Å². The molecular weight excluding hydrogens is 465 g/mol. The minimum atomic E-state index is -4.57. The molecule has 1 heterocycles. The van der Waals surface area contributed by atoms with Crippen molar-refractivity contribution >= 4 is 34.1 Å². The fourth-order valence-electron chi connectivity index (χ4n) is 3.79. The molecule has 8 heteroatoms. The molecule has 4 aromatic rings. The van der Waals surface area contributed by atoms with E-state index in [0.717, 1.165) is 34.9 Å². The fraction of sp³-hybridized carbons (Fsp3) is 0.154. The number of nitrogens with zero attached hydrogens (tertiary/aromatic N) is 1. The lowest BCUT2D eigenvalue weighted by Gasteiger charge is -2.15. The van der Waals surface area contributed by atoms with Gasteiger partial charge in [-0.2, -0.15) is 13.2 Å². The van der Waals surface area contributed by atoms with E-state index in [-0.39, 0.29) is 16.3 Å². The molecule has 0 radical (unpaired) electrons. The fourth-order valence-corrected chi connectivity index (χ4v) is 3.95. The minimum Gasteiger partial charge on any atom is -0.497 e. The van der Waals surface area contributed by atoms with Crippen LogP contribution in [0.25, 0.3) is 22.2 Å². The number of methoxy groups -OCH3 is 1. The van der Waals surface area contributed by atoms with E-state index in [0.29, 0.717) is 22.3 Å². The number of aromatic nitrogens is 1. The van der Waals surface area contributed by atoms with Crippen LogP contribution < -0.4 is 10.1 Å². The second-order valence-corrected chi connectivity index (χ2v) is 8.32. The van der Waals surface area contributed by atoms with Crippen LogP contribution in [0.5, 0.6) is 5.75 Å². The summed E-state index contributed by atoms with van der Waals surface area (Å²) in [4.78, 5) is 18.1. The normalized spacial score (nSPS) is 11.5. The van der Waals surface area contributed by atoms with Crippen molar-refractivity contribution in [2.24, 2.45) is 0 Å². The number of pyridine rings is 1. The van der Waals surface area contributed by atoms with E-state index in [9.17, 15) is 18.0 Å². The maximum Gasteiger partial charge on any atom is 0.416 e. The zero-order valence-corrected chi connectivity index (χ0v) is 19.3. The number of amides is 1. The summed E-state index contributed by atoms with van der Waals surface area (Å²) in [6.07, 6.45) is -4.57. The molecule has 34 heavy (non-hydrogen) atoms. The average molecular weight is 485 g/mol. The van der Waals surface area contributed by atoms with Gasteiger partial charge < -0.3 is 10.1 Å². The highest BCUT2D eigenvalue weighted by Crippen LogP contribution is 2.35. The lowest BCUT2D eigenvalue weighted by Crippen LogP contribution is -2.15. The molecule has 0 spiro atoms. The molecule has 0 bridgehead atoms. The van der Waals surface area contributed by atoms with Gasteiger partial charge in [0.05, 0.1) is 40.2 Å². The number of carbonyl (C=O) groups excluding carboxylic acids is 1. The molecule has 174 valence electrons. The zero-order chi connectivity index (χ0) is 24.6. The summed E-state index contributed by atoms with van der Waals surface area (Å²) < 4.78 is 44.9. The second kappa shape index (κ2) is 8.99. The van der Waals surface area contributed by atoms with Gasteiger partial charge in [0.2, 0.25) is 0 Å². The van der Waals surface area contributed by atoms with Gasteiger partial charge in [-0.05, 0) is 61.9 Å². The monoisotopic (exact) mass is 484 g/mol. The van der Waals surface area contributed by atoms with Gasteiger partial charge in [0.15, 0.2) is 0 Å². The quantitative estimate of drug-likeness (QED) is 0.327. The number of hydrogen-bond donors (Lipinski definition) is 1. The van der Waals surface area contributed by atoms with Crippen molar-refractivity contribution in [1.82, 2.24) is 4.98 Å². The maximum atomic E-state index is 13.4. The molecule has 0 atom stereocenters. The van der Waals surface area contributed by atoms with Crippen LogP contribution in [-0.4, -0.2) is 18.0 Å². The molecule has 1 aromatic heterocycles. The number of ether oxygens (including phenoxy) is 1. The van der Waals surface area contributed by atoms with Gasteiger partial charge in [0.1, 0.15) is 5.75 Å². The number of fused-ring (bicyclic) bond motifs is 1. The van der Waals surface area contributed by atoms with Gasteiger partial charge in [-0.3, -0.25) is 4.79 Å². The van der Waals surface area contributed by atoms with E-state index in [1.165, 1.54) is 0 Å². The Morgan fingerprint density at radius 2 is 1.79 bits per heavy atom. The summed E-state index contributed by atoms with van der Waals surface area (Å²) in [5, 5.41) is 3.14. The summed E-state index contributed by atoms with van der Waals surface area (Å²) in [7, 11) is 1.55. The first-order valence-electron chi connectivity index (χ1n) is 10.3. The van der Waals surface area contributed by atoms with E-state index >= 15 is 0 Å². The Hall–Kier alpha value is -3.58. The lowest BCUT2D eigenvalue weighted by molar-refractivity contribution is -0.137. The number of alkyl halides is 3. The van der Waals surface area contributed by atoms with Crippen molar-refractivity contribution < 1.29 is 22.7 Å². The van der Waals surface area contributed by atoms with Crippen LogP contribution in [0.1, 0.15) is 27.0 Å². The Balaban J connectivity index is 1.86. The van der Waals surface area contributed by atoms with Gasteiger partial charge in [0, 0.05) is 10.9 Å². The van der Waals surface area contributed by atoms with Crippen LogP contribution in [0.4, 0.5) is 18.9 Å². The number of hydrogen-bond acceptors (Lipinski definition) is 3. The van der Waals surface area contributed by atoms with E-state index in [1.54, 1.807) is 25.3 Å². The lowest BCUT2D eigenvalue weighted by atomic mass is 9.99. The first-order valence-corrected chi connectivity index (χ1v) is 10.7. The van der Waals surface area contributed by atoms with Crippen molar-refractivity contribution in [3.63, 3.8) is 0 Å². The number of halogens is 4. The number of benzene rings is 3. The molecule has 4 nitrogen and oxygen atoms in total. The molecule has 1 N–H and O–H groups in total. The SMILES string of the molecule is COc1cccc(-c2cc(C(=O)Nc3cc(C(F)(F)F)ccc3Cl)c3cc(C)cc(C)c3n2)c1. The van der Waals surface area contributed by atoms with Crippen LogP contribution in [0.3, 0.4) is 0 Å². The summed E-state index contributed by atoms with van der Waals surface area (Å²) in [6, 6.07) is 15.4. The Bertz CT molecular complexity index is 1420. The number of anilines is 1. The van der Waals surface area contributed by atoms with E-state index in [4.69, 9.17) is 21.3 Å². The maximum absolute atomic E-state index is 13.4. The zero-order valence-electron chi connectivity index (χ0n) is 18.5. The molecule has 3 aromatic carbocycles. The smallest absolute Gasteiger partial charge is 0.416 e. The van der Waals surface area contributed by atoms with Gasteiger partial charge in [-0.1, -0.05) is 35.4 Å². The van der Waals surface area contributed by atoms with Crippen LogP contribution in [0.15, 0.2) is 60.7 Å². The molecule has 0 aliphatic heterocycles. The molecule has 0 aliphatic rings. The standard InChI is InChI=1S/C26H20ClF3N2O2/c1-14-9-15(2)24-19(10-14)20(13-22(31-24)16-5-4-6-18(11-16)34-3)25(33)32-23-12-17(26(28,29)30)7-8-21(23)27/h4-13H,1-3H3,(H,32,33). The largest absolute Gasteiger partial charge is 0.497 e. The van der Waals surface area contributed by atoms with Crippen molar-refractivity contribution in [2.75, 3.05) is 12.4 Å². The number of aryl methyl sites for hydroxylation is 2. The van der Waals surface area contributed by atoms with Crippen LogP contribution in [-0.2, 0) is 6.18 Å². The predicted molar refractivity (Wildman–Crippen MR) is 128 cm³/mol. The third kappa shape index (κ3) is 4.70. The molecule has 0 aliphatic carbocycles. The predicted octanol–water partition coefficient (Wildman–Crippen LogP) is 7.45. The topological polar surface area (TPSA) is 51.2 Å². The molecule has 0 saturated carbocycles. The van der Waals surface area contributed by atoms with Crippen molar-refractivity contribution in [3.8, 4) is 17.0 Å². The second-order valence-electron chi connectivity index (χ2n) is 7.91. The highest BCUT2D eigenvalue weighted by molar-refractivity contribution is 6.34.